The monoisotopic (exact) mass is 710 g/mol. The van der Waals surface area contributed by atoms with E-state index in [-0.39, 0.29) is 0 Å². The smallest absolute Gasteiger partial charge is 0.0622 e. The van der Waals surface area contributed by atoms with Crippen LogP contribution in [0.15, 0.2) is 231 Å². The molecule has 0 fully saturated rings. The van der Waals surface area contributed by atoms with Gasteiger partial charge in [-0.1, -0.05) is 218 Å². The predicted octanol–water partition coefficient (Wildman–Crippen LogP) is 13.7. The van der Waals surface area contributed by atoms with E-state index in [1.165, 1.54) is 89.0 Å². The fourth-order valence-corrected chi connectivity index (χ4v) is 10.1. The molecule has 0 atom stereocenters. The van der Waals surface area contributed by atoms with Crippen LogP contribution in [0.1, 0.15) is 44.5 Å². The summed E-state index contributed by atoms with van der Waals surface area (Å²) in [5.74, 6) is 0. The summed E-state index contributed by atoms with van der Waals surface area (Å²) in [6.07, 6.45) is 0. The summed E-state index contributed by atoms with van der Waals surface area (Å²) >= 11 is 0. The second-order valence-corrected chi connectivity index (χ2v) is 15.2. The number of benzene rings is 9. The minimum absolute atomic E-state index is 0.402. The lowest BCUT2D eigenvalue weighted by Gasteiger charge is -2.34. The first-order valence-electron chi connectivity index (χ1n) is 19.6. The second-order valence-electron chi connectivity index (χ2n) is 15.2. The van der Waals surface area contributed by atoms with Crippen LogP contribution in [0, 0.1) is 0 Å². The van der Waals surface area contributed by atoms with Gasteiger partial charge in [-0.15, -0.1) is 0 Å². The van der Waals surface area contributed by atoms with Crippen molar-refractivity contribution in [2.24, 2.45) is 0 Å². The Labute approximate surface area is 329 Å². The van der Waals surface area contributed by atoms with Crippen molar-refractivity contribution in [1.82, 2.24) is 0 Å². The highest BCUT2D eigenvalue weighted by atomic mass is 14.5. The van der Waals surface area contributed by atoms with Gasteiger partial charge in [0.2, 0.25) is 0 Å². The highest BCUT2D eigenvalue weighted by Gasteiger charge is 2.47. The maximum atomic E-state index is 2.45. The summed E-state index contributed by atoms with van der Waals surface area (Å²) in [6, 6.07) is 85.5. The van der Waals surface area contributed by atoms with Gasteiger partial charge in [-0.3, -0.25) is 0 Å². The third-order valence-electron chi connectivity index (χ3n) is 12.5. The molecular weight excluding hydrogens is 673 g/mol. The van der Waals surface area contributed by atoms with E-state index >= 15 is 0 Å². The van der Waals surface area contributed by atoms with Crippen LogP contribution in [0.3, 0.4) is 0 Å². The van der Waals surface area contributed by atoms with E-state index in [4.69, 9.17) is 0 Å². The van der Waals surface area contributed by atoms with Crippen LogP contribution in [-0.2, 0) is 10.8 Å². The second kappa shape index (κ2) is 12.8. The van der Waals surface area contributed by atoms with Gasteiger partial charge in [0.25, 0.3) is 0 Å². The molecule has 0 spiro atoms. The van der Waals surface area contributed by atoms with E-state index < -0.39 is 10.8 Å². The highest BCUT2D eigenvalue weighted by Crippen LogP contribution is 2.58. The van der Waals surface area contributed by atoms with Crippen LogP contribution in [0.25, 0.3) is 44.5 Å². The Balaban J connectivity index is 1.03. The lowest BCUT2D eigenvalue weighted by atomic mass is 9.67. The molecule has 0 N–H and O–H groups in total. The van der Waals surface area contributed by atoms with E-state index in [9.17, 15) is 0 Å². The van der Waals surface area contributed by atoms with Crippen LogP contribution in [0.5, 0.6) is 0 Å². The van der Waals surface area contributed by atoms with Crippen molar-refractivity contribution in [3.63, 3.8) is 0 Å². The Morgan fingerprint density at radius 3 is 1.02 bits per heavy atom. The Kier molecular flexibility index (Phi) is 7.41. The molecule has 0 amide bonds. The summed E-state index contributed by atoms with van der Waals surface area (Å²) < 4.78 is 0. The van der Waals surface area contributed by atoms with Gasteiger partial charge < -0.3 is 0 Å². The van der Waals surface area contributed by atoms with Crippen molar-refractivity contribution in [1.29, 1.82) is 0 Å². The molecule has 9 aromatic rings. The van der Waals surface area contributed by atoms with Crippen molar-refractivity contribution < 1.29 is 0 Å². The molecule has 0 heterocycles. The molecule has 0 unspecified atom stereocenters. The zero-order valence-corrected chi connectivity index (χ0v) is 30.9. The number of hydrogen-bond acceptors (Lipinski definition) is 0. The van der Waals surface area contributed by atoms with E-state index in [0.717, 1.165) is 0 Å². The number of hydrogen-bond donors (Lipinski definition) is 0. The van der Waals surface area contributed by atoms with Gasteiger partial charge in [0.15, 0.2) is 0 Å². The summed E-state index contributed by atoms with van der Waals surface area (Å²) in [5.41, 5.74) is 19.7. The number of rotatable bonds is 6. The van der Waals surface area contributed by atoms with Gasteiger partial charge in [-0.05, 0) is 101 Å². The zero-order chi connectivity index (χ0) is 37.1. The van der Waals surface area contributed by atoms with Crippen LogP contribution in [-0.4, -0.2) is 0 Å². The van der Waals surface area contributed by atoms with Gasteiger partial charge in [0.1, 0.15) is 0 Å². The summed E-state index contributed by atoms with van der Waals surface area (Å²) in [6.45, 7) is 0. The molecule has 0 aliphatic heterocycles. The maximum Gasteiger partial charge on any atom is 0.0713 e. The molecule has 0 heteroatoms. The Bertz CT molecular complexity index is 2800. The van der Waals surface area contributed by atoms with E-state index in [1.807, 2.05) is 0 Å². The molecule has 0 nitrogen and oxygen atoms in total. The van der Waals surface area contributed by atoms with Crippen molar-refractivity contribution in [2.45, 2.75) is 10.8 Å². The fraction of sp³-hybridized carbons (Fsp3) is 0.0357. The first-order valence-corrected chi connectivity index (χ1v) is 19.6. The Morgan fingerprint density at radius 2 is 0.536 bits per heavy atom. The van der Waals surface area contributed by atoms with Gasteiger partial charge in [0.05, 0.1) is 10.8 Å². The normalized spacial score (nSPS) is 14.0. The average Bonchev–Trinajstić information content (AvgIpc) is 3.76. The SMILES string of the molecule is c1ccc(C2(c3ccc(-c4cccc(-c5ccc6c(c5)C(c5ccccc5)(c5ccccc5)c5ccccc5-6)c4)cc3)c3ccccc3-c3ccccc32)cc1. The van der Waals surface area contributed by atoms with Crippen molar-refractivity contribution in [3.8, 4) is 44.5 Å². The van der Waals surface area contributed by atoms with Gasteiger partial charge in [-0.25, -0.2) is 0 Å². The molecule has 0 radical (unpaired) electrons. The van der Waals surface area contributed by atoms with E-state index in [2.05, 4.69) is 231 Å². The van der Waals surface area contributed by atoms with Crippen LogP contribution in [0.4, 0.5) is 0 Å². The van der Waals surface area contributed by atoms with Gasteiger partial charge in [-0.2, -0.15) is 0 Å². The maximum absolute atomic E-state index is 2.45. The third-order valence-corrected chi connectivity index (χ3v) is 12.5. The van der Waals surface area contributed by atoms with Crippen LogP contribution >= 0.6 is 0 Å². The van der Waals surface area contributed by atoms with E-state index in [1.54, 1.807) is 0 Å². The lowest BCUT2D eigenvalue weighted by molar-refractivity contribution is 0.768. The first-order chi connectivity index (χ1) is 27.8. The van der Waals surface area contributed by atoms with Crippen LogP contribution < -0.4 is 0 Å². The Morgan fingerprint density at radius 1 is 0.196 bits per heavy atom. The summed E-state index contributed by atoms with van der Waals surface area (Å²) in [5, 5.41) is 0. The topological polar surface area (TPSA) is 0 Å². The largest absolute Gasteiger partial charge is 0.0713 e. The standard InChI is InChI=1S/C56H38/c1-4-19-43(20-5-1)55(51-28-13-10-25-47(51)48-26-11-14-29-52(48)55)46-34-31-39(32-35-46)40-17-16-18-41(37-40)42-33-36-50-49-27-12-15-30-53(49)56(54(50)38-42,44-21-6-2-7-22-44)45-23-8-3-9-24-45/h1-38H. The molecule has 2 aliphatic carbocycles. The summed E-state index contributed by atoms with van der Waals surface area (Å²) in [7, 11) is 0. The zero-order valence-electron chi connectivity index (χ0n) is 30.9. The molecule has 0 saturated heterocycles. The summed E-state index contributed by atoms with van der Waals surface area (Å²) in [4.78, 5) is 0. The van der Waals surface area contributed by atoms with Gasteiger partial charge in [0, 0.05) is 0 Å². The molecular formula is C56H38. The van der Waals surface area contributed by atoms with E-state index in [0.29, 0.717) is 0 Å². The molecule has 0 saturated carbocycles. The lowest BCUT2D eigenvalue weighted by Crippen LogP contribution is -2.28. The van der Waals surface area contributed by atoms with Crippen molar-refractivity contribution in [3.05, 3.63) is 275 Å². The van der Waals surface area contributed by atoms with Crippen molar-refractivity contribution in [2.75, 3.05) is 0 Å². The van der Waals surface area contributed by atoms with Crippen LogP contribution in [0.2, 0.25) is 0 Å². The van der Waals surface area contributed by atoms with Crippen molar-refractivity contribution >= 4 is 0 Å². The third kappa shape index (κ3) is 4.60. The molecule has 11 rings (SSSR count). The van der Waals surface area contributed by atoms with Gasteiger partial charge >= 0.3 is 0 Å². The molecule has 0 aromatic heterocycles. The number of fused-ring (bicyclic) bond motifs is 6. The Hall–Kier alpha value is -7.02. The first kappa shape index (κ1) is 32.4. The molecule has 9 aromatic carbocycles. The fourth-order valence-electron chi connectivity index (χ4n) is 10.1. The molecule has 0 bridgehead atoms. The molecule has 262 valence electrons. The molecule has 56 heavy (non-hydrogen) atoms. The molecule has 2 aliphatic rings. The quantitative estimate of drug-likeness (QED) is 0.161. The average molecular weight is 711 g/mol. The highest BCUT2D eigenvalue weighted by molar-refractivity contribution is 5.89. The minimum atomic E-state index is -0.427. The minimum Gasteiger partial charge on any atom is -0.0622 e. The predicted molar refractivity (Wildman–Crippen MR) is 232 cm³/mol.